The minimum absolute atomic E-state index is 0.0396. The summed E-state index contributed by atoms with van der Waals surface area (Å²) in [5.41, 5.74) is 2.60. The van der Waals surface area contributed by atoms with Gasteiger partial charge in [-0.25, -0.2) is 9.88 Å². The SMILES string of the molecule is Cc1cnc(C[C@]2(c3ccccc3)CCN([C@@H](C)c3ccc(Br)cc3)C(O)O2)[nH]1. The molecule has 2 N–H and O–H groups in total. The van der Waals surface area contributed by atoms with Gasteiger partial charge in [-0.05, 0) is 43.5 Å². The average molecular weight is 456 g/mol. The summed E-state index contributed by atoms with van der Waals surface area (Å²) < 4.78 is 7.41. The van der Waals surface area contributed by atoms with Crippen molar-refractivity contribution in [3.63, 3.8) is 0 Å². The molecule has 29 heavy (non-hydrogen) atoms. The fourth-order valence-electron chi connectivity index (χ4n) is 4.08. The number of halogens is 1. The fourth-order valence-corrected chi connectivity index (χ4v) is 4.34. The van der Waals surface area contributed by atoms with Gasteiger partial charge in [-0.1, -0.05) is 58.4 Å². The Morgan fingerprint density at radius 3 is 2.59 bits per heavy atom. The van der Waals surface area contributed by atoms with Crippen LogP contribution in [0, 0.1) is 6.92 Å². The van der Waals surface area contributed by atoms with Crippen LogP contribution in [0.25, 0.3) is 0 Å². The average Bonchev–Trinajstić information content (AvgIpc) is 3.13. The van der Waals surface area contributed by atoms with Crippen molar-refractivity contribution >= 4 is 15.9 Å². The molecule has 1 fully saturated rings. The first-order valence-electron chi connectivity index (χ1n) is 9.90. The molecule has 3 atom stereocenters. The zero-order chi connectivity index (χ0) is 20.4. The number of nitrogens with one attached hydrogen (secondary N) is 1. The highest BCUT2D eigenvalue weighted by Crippen LogP contribution is 2.40. The summed E-state index contributed by atoms with van der Waals surface area (Å²) in [6.07, 6.45) is 2.17. The molecule has 1 unspecified atom stereocenters. The first-order valence-corrected chi connectivity index (χ1v) is 10.7. The number of aryl methyl sites for hydroxylation is 1. The lowest BCUT2D eigenvalue weighted by molar-refractivity contribution is -0.296. The molecule has 0 bridgehead atoms. The normalized spacial score (nSPS) is 23.8. The van der Waals surface area contributed by atoms with Gasteiger partial charge in [0.2, 0.25) is 6.41 Å². The van der Waals surface area contributed by atoms with Crippen LogP contribution in [-0.4, -0.2) is 32.9 Å². The molecule has 1 aliphatic rings. The van der Waals surface area contributed by atoms with Gasteiger partial charge >= 0.3 is 0 Å². The lowest BCUT2D eigenvalue weighted by atomic mass is 9.85. The van der Waals surface area contributed by atoms with E-state index in [4.69, 9.17) is 4.74 Å². The highest BCUT2D eigenvalue weighted by atomic mass is 79.9. The molecule has 4 rings (SSSR count). The minimum atomic E-state index is -1.00. The summed E-state index contributed by atoms with van der Waals surface area (Å²) in [7, 11) is 0. The standard InChI is InChI=1S/C23H26BrN3O2/c1-16-15-25-21(26-16)14-23(19-6-4-3-5-7-19)12-13-27(22(28)29-23)17(2)18-8-10-20(24)11-9-18/h3-11,15,17,22,28H,12-14H2,1-2H3,(H,25,26)/t17-,22?,23-/m0/s1. The molecule has 3 aromatic rings. The predicted molar refractivity (Wildman–Crippen MR) is 116 cm³/mol. The Balaban J connectivity index is 1.59. The Hall–Kier alpha value is -1.99. The van der Waals surface area contributed by atoms with Crippen LogP contribution < -0.4 is 0 Å². The van der Waals surface area contributed by atoms with E-state index in [2.05, 4.69) is 57.1 Å². The number of nitrogens with zero attached hydrogens (tertiary/aromatic N) is 2. The van der Waals surface area contributed by atoms with Crippen LogP contribution in [0.15, 0.2) is 65.3 Å². The van der Waals surface area contributed by atoms with E-state index in [1.165, 1.54) is 0 Å². The molecule has 1 aliphatic heterocycles. The summed E-state index contributed by atoms with van der Waals surface area (Å²) in [4.78, 5) is 9.79. The number of H-pyrrole nitrogens is 1. The zero-order valence-corrected chi connectivity index (χ0v) is 18.3. The van der Waals surface area contributed by atoms with Crippen LogP contribution in [0.4, 0.5) is 0 Å². The second-order valence-electron chi connectivity index (χ2n) is 7.71. The summed E-state index contributed by atoms with van der Waals surface area (Å²) in [6.45, 7) is 4.80. The molecule has 0 saturated carbocycles. The predicted octanol–water partition coefficient (Wildman–Crippen LogP) is 4.68. The quantitative estimate of drug-likeness (QED) is 0.586. The van der Waals surface area contributed by atoms with Gasteiger partial charge in [0, 0.05) is 35.4 Å². The van der Waals surface area contributed by atoms with Crippen molar-refractivity contribution in [2.45, 2.75) is 44.7 Å². The molecule has 0 aliphatic carbocycles. The molecule has 0 spiro atoms. The highest BCUT2D eigenvalue weighted by molar-refractivity contribution is 9.10. The van der Waals surface area contributed by atoms with E-state index in [0.29, 0.717) is 13.0 Å². The number of ether oxygens (including phenoxy) is 1. The van der Waals surface area contributed by atoms with Gasteiger partial charge in [0.25, 0.3) is 0 Å². The zero-order valence-electron chi connectivity index (χ0n) is 16.7. The molecule has 152 valence electrons. The van der Waals surface area contributed by atoms with Gasteiger partial charge < -0.3 is 14.8 Å². The first-order chi connectivity index (χ1) is 14.0. The number of hydrogen-bond acceptors (Lipinski definition) is 4. The van der Waals surface area contributed by atoms with E-state index in [1.807, 2.05) is 48.4 Å². The smallest absolute Gasteiger partial charge is 0.217 e. The maximum atomic E-state index is 11.0. The van der Waals surface area contributed by atoms with Gasteiger partial charge in [0.1, 0.15) is 11.4 Å². The molecular formula is C23H26BrN3O2. The van der Waals surface area contributed by atoms with Crippen molar-refractivity contribution in [1.29, 1.82) is 0 Å². The number of aliphatic hydroxyl groups excluding tert-OH is 1. The Bertz CT molecular complexity index is 944. The third kappa shape index (κ3) is 4.31. The number of imidazole rings is 1. The maximum Gasteiger partial charge on any atom is 0.217 e. The lowest BCUT2D eigenvalue weighted by Crippen LogP contribution is -2.53. The van der Waals surface area contributed by atoms with E-state index in [9.17, 15) is 5.11 Å². The number of benzene rings is 2. The van der Waals surface area contributed by atoms with Crippen LogP contribution in [-0.2, 0) is 16.8 Å². The topological polar surface area (TPSA) is 61.4 Å². The summed E-state index contributed by atoms with van der Waals surface area (Å²) in [5, 5.41) is 11.0. The van der Waals surface area contributed by atoms with Gasteiger partial charge in [-0.2, -0.15) is 0 Å². The Morgan fingerprint density at radius 2 is 1.97 bits per heavy atom. The number of rotatable bonds is 5. The second-order valence-corrected chi connectivity index (χ2v) is 8.63. The van der Waals surface area contributed by atoms with Crippen LogP contribution in [0.1, 0.15) is 42.0 Å². The highest BCUT2D eigenvalue weighted by Gasteiger charge is 2.43. The van der Waals surface area contributed by atoms with E-state index in [-0.39, 0.29) is 6.04 Å². The van der Waals surface area contributed by atoms with E-state index in [0.717, 1.165) is 33.5 Å². The number of aromatic nitrogens is 2. The second kappa shape index (κ2) is 8.40. The van der Waals surface area contributed by atoms with Crippen molar-refractivity contribution in [3.8, 4) is 0 Å². The molecule has 0 radical (unpaired) electrons. The Kier molecular flexibility index (Phi) is 5.88. The molecule has 2 heterocycles. The van der Waals surface area contributed by atoms with Gasteiger partial charge in [-0.3, -0.25) is 0 Å². The van der Waals surface area contributed by atoms with Crippen molar-refractivity contribution in [1.82, 2.24) is 14.9 Å². The van der Waals surface area contributed by atoms with E-state index in [1.54, 1.807) is 0 Å². The first kappa shape index (κ1) is 20.3. The molecular weight excluding hydrogens is 430 g/mol. The lowest BCUT2D eigenvalue weighted by Gasteiger charge is -2.46. The minimum Gasteiger partial charge on any atom is -0.356 e. The summed E-state index contributed by atoms with van der Waals surface area (Å²) in [5.74, 6) is 0.868. The third-order valence-electron chi connectivity index (χ3n) is 5.75. The Morgan fingerprint density at radius 1 is 1.24 bits per heavy atom. The number of aliphatic hydroxyl groups is 1. The van der Waals surface area contributed by atoms with Crippen molar-refractivity contribution in [2.24, 2.45) is 0 Å². The van der Waals surface area contributed by atoms with E-state index < -0.39 is 12.0 Å². The van der Waals surface area contributed by atoms with Gasteiger partial charge in [0.05, 0.1) is 0 Å². The van der Waals surface area contributed by atoms with E-state index >= 15 is 0 Å². The number of hydrogen-bond donors (Lipinski definition) is 2. The van der Waals surface area contributed by atoms with Crippen LogP contribution in [0.5, 0.6) is 0 Å². The number of aromatic amines is 1. The summed E-state index contributed by atoms with van der Waals surface area (Å²) >= 11 is 3.48. The molecule has 6 heteroatoms. The largest absolute Gasteiger partial charge is 0.356 e. The maximum absolute atomic E-state index is 11.0. The van der Waals surface area contributed by atoms with Gasteiger partial charge in [0.15, 0.2) is 0 Å². The molecule has 1 aromatic heterocycles. The monoisotopic (exact) mass is 455 g/mol. The van der Waals surface area contributed by atoms with Crippen molar-refractivity contribution in [3.05, 3.63) is 87.9 Å². The van der Waals surface area contributed by atoms with Gasteiger partial charge in [-0.15, -0.1) is 0 Å². The molecule has 0 amide bonds. The molecule has 1 saturated heterocycles. The van der Waals surface area contributed by atoms with Crippen LogP contribution in [0.3, 0.4) is 0 Å². The van der Waals surface area contributed by atoms with Crippen molar-refractivity contribution < 1.29 is 9.84 Å². The van der Waals surface area contributed by atoms with Crippen LogP contribution in [0.2, 0.25) is 0 Å². The van der Waals surface area contributed by atoms with Crippen molar-refractivity contribution in [2.75, 3.05) is 6.54 Å². The molecule has 2 aromatic carbocycles. The summed E-state index contributed by atoms with van der Waals surface area (Å²) in [6, 6.07) is 18.4. The van der Waals surface area contributed by atoms with Crippen LogP contribution >= 0.6 is 15.9 Å². The fraction of sp³-hybridized carbons (Fsp3) is 0.348. The molecule has 5 nitrogen and oxygen atoms in total. The third-order valence-corrected chi connectivity index (χ3v) is 6.28. The Labute approximate surface area is 179 Å².